The first-order valence-corrected chi connectivity index (χ1v) is 8.22. The monoisotopic (exact) mass is 305 g/mol. The second-order valence-corrected chi connectivity index (χ2v) is 6.49. The lowest BCUT2D eigenvalue weighted by Gasteiger charge is -2.26. The molecule has 0 aromatic carbocycles. The summed E-state index contributed by atoms with van der Waals surface area (Å²) >= 11 is 1.24. The van der Waals surface area contributed by atoms with Crippen LogP contribution in [-0.4, -0.2) is 34.1 Å². The molecule has 0 bridgehead atoms. The summed E-state index contributed by atoms with van der Waals surface area (Å²) in [5.41, 5.74) is 0.792. The number of hydrogen-bond acceptors (Lipinski definition) is 5. The van der Waals surface area contributed by atoms with Crippen molar-refractivity contribution < 1.29 is 9.90 Å². The molecule has 0 aliphatic carbocycles. The minimum Gasteiger partial charge on any atom is -0.477 e. The fourth-order valence-electron chi connectivity index (χ4n) is 2.96. The second kappa shape index (κ2) is 5.97. The van der Waals surface area contributed by atoms with Crippen LogP contribution in [-0.2, 0) is 0 Å². The van der Waals surface area contributed by atoms with Crippen LogP contribution in [0.4, 0.5) is 5.82 Å². The zero-order valence-corrected chi connectivity index (χ0v) is 12.9. The third kappa shape index (κ3) is 2.72. The lowest BCUT2D eigenvalue weighted by molar-refractivity contribution is 0.0701. The Kier molecular flexibility index (Phi) is 4.05. The summed E-state index contributed by atoms with van der Waals surface area (Å²) in [4.78, 5) is 23.5. The Labute approximate surface area is 127 Å². The number of carbonyl (C=O) groups is 1. The summed E-state index contributed by atoms with van der Waals surface area (Å²) in [6, 6.07) is 0. The molecule has 112 valence electrons. The molecule has 1 aliphatic rings. The largest absolute Gasteiger partial charge is 0.477 e. The molecule has 0 atom stereocenters. The van der Waals surface area contributed by atoms with Crippen LogP contribution in [0, 0.1) is 6.92 Å². The Morgan fingerprint density at radius 3 is 2.52 bits per heavy atom. The van der Waals surface area contributed by atoms with Gasteiger partial charge in [0.2, 0.25) is 0 Å². The van der Waals surface area contributed by atoms with Crippen molar-refractivity contribution in [3.8, 4) is 0 Å². The summed E-state index contributed by atoms with van der Waals surface area (Å²) in [5.74, 6) is 0.0252. The van der Waals surface area contributed by atoms with Crippen LogP contribution in [0.1, 0.15) is 47.3 Å². The molecule has 6 heteroatoms. The Bertz CT molecular complexity index is 660. The van der Waals surface area contributed by atoms with Crippen molar-refractivity contribution in [3.63, 3.8) is 0 Å². The minimum atomic E-state index is -0.880. The number of anilines is 1. The van der Waals surface area contributed by atoms with Gasteiger partial charge in [-0.1, -0.05) is 19.3 Å². The van der Waals surface area contributed by atoms with E-state index in [0.29, 0.717) is 4.88 Å². The van der Waals surface area contributed by atoms with Crippen LogP contribution < -0.4 is 4.90 Å². The van der Waals surface area contributed by atoms with Gasteiger partial charge < -0.3 is 10.0 Å². The standard InChI is InChI=1S/C15H19N3O2S/c1-10-11-13(18-7-5-3-2-4-6-8-18)16-9-17-14(11)21-12(10)15(19)20/h9H,2-8H2,1H3,(H,19,20). The molecule has 0 saturated carbocycles. The highest BCUT2D eigenvalue weighted by Gasteiger charge is 2.21. The number of fused-ring (bicyclic) bond motifs is 1. The summed E-state index contributed by atoms with van der Waals surface area (Å²) in [6.07, 6.45) is 7.72. The lowest BCUT2D eigenvalue weighted by atomic mass is 10.1. The molecule has 3 heterocycles. The fraction of sp³-hybridized carbons (Fsp3) is 0.533. The number of hydrogen-bond donors (Lipinski definition) is 1. The van der Waals surface area contributed by atoms with Crippen LogP contribution in [0.5, 0.6) is 0 Å². The summed E-state index contributed by atoms with van der Waals surface area (Å²) in [7, 11) is 0. The van der Waals surface area contributed by atoms with Gasteiger partial charge in [0, 0.05) is 13.1 Å². The molecule has 21 heavy (non-hydrogen) atoms. The van der Waals surface area contributed by atoms with E-state index in [1.807, 2.05) is 6.92 Å². The van der Waals surface area contributed by atoms with Crippen LogP contribution in [0.2, 0.25) is 0 Å². The second-order valence-electron chi connectivity index (χ2n) is 5.49. The number of carboxylic acid groups (broad SMARTS) is 1. The highest BCUT2D eigenvalue weighted by atomic mass is 32.1. The van der Waals surface area contributed by atoms with E-state index in [0.717, 1.165) is 34.7 Å². The van der Waals surface area contributed by atoms with Crippen molar-refractivity contribution in [3.05, 3.63) is 16.8 Å². The van der Waals surface area contributed by atoms with Crippen molar-refractivity contribution in [1.82, 2.24) is 9.97 Å². The maximum Gasteiger partial charge on any atom is 0.346 e. The predicted molar refractivity (Wildman–Crippen MR) is 84.4 cm³/mol. The number of aryl methyl sites for hydroxylation is 1. The van der Waals surface area contributed by atoms with E-state index in [2.05, 4.69) is 14.9 Å². The Hall–Kier alpha value is -1.69. The molecule has 0 amide bonds. The van der Waals surface area contributed by atoms with E-state index in [-0.39, 0.29) is 0 Å². The minimum absolute atomic E-state index is 0.374. The summed E-state index contributed by atoms with van der Waals surface area (Å²) < 4.78 is 0. The zero-order chi connectivity index (χ0) is 14.8. The molecular formula is C15H19N3O2S. The summed E-state index contributed by atoms with van der Waals surface area (Å²) in [5, 5.41) is 10.2. The third-order valence-electron chi connectivity index (χ3n) is 4.06. The van der Waals surface area contributed by atoms with E-state index in [1.54, 1.807) is 6.33 Å². The van der Waals surface area contributed by atoms with E-state index < -0.39 is 5.97 Å². The Morgan fingerprint density at radius 1 is 1.19 bits per heavy atom. The number of nitrogens with zero attached hydrogens (tertiary/aromatic N) is 3. The molecule has 2 aromatic heterocycles. The first kappa shape index (κ1) is 14.3. The number of thiophene rings is 1. The molecule has 5 nitrogen and oxygen atoms in total. The number of rotatable bonds is 2. The maximum absolute atomic E-state index is 11.3. The molecule has 0 unspecified atom stereocenters. The quantitative estimate of drug-likeness (QED) is 0.920. The predicted octanol–water partition coefficient (Wildman–Crippen LogP) is 3.47. The number of aromatic carboxylic acids is 1. The first-order chi connectivity index (χ1) is 10.2. The average molecular weight is 305 g/mol. The average Bonchev–Trinajstić information content (AvgIpc) is 2.76. The topological polar surface area (TPSA) is 66.3 Å². The Morgan fingerprint density at radius 2 is 1.86 bits per heavy atom. The SMILES string of the molecule is Cc1c(C(=O)O)sc2ncnc(N3CCCCCCC3)c12. The van der Waals surface area contributed by atoms with Crippen molar-refractivity contribution in [2.45, 2.75) is 39.0 Å². The van der Waals surface area contributed by atoms with Gasteiger partial charge in [0.05, 0.1) is 5.39 Å². The molecule has 1 aliphatic heterocycles. The molecule has 3 rings (SSSR count). The zero-order valence-electron chi connectivity index (χ0n) is 12.1. The molecule has 1 saturated heterocycles. The van der Waals surface area contributed by atoms with E-state index >= 15 is 0 Å². The van der Waals surface area contributed by atoms with E-state index in [9.17, 15) is 9.90 Å². The lowest BCUT2D eigenvalue weighted by Crippen LogP contribution is -2.28. The molecular weight excluding hydrogens is 286 g/mol. The van der Waals surface area contributed by atoms with Crippen LogP contribution in [0.15, 0.2) is 6.33 Å². The Balaban J connectivity index is 2.06. The van der Waals surface area contributed by atoms with Crippen molar-refractivity contribution in [1.29, 1.82) is 0 Å². The van der Waals surface area contributed by atoms with Gasteiger partial charge in [-0.25, -0.2) is 14.8 Å². The van der Waals surface area contributed by atoms with Gasteiger partial charge in [0.1, 0.15) is 21.9 Å². The summed E-state index contributed by atoms with van der Waals surface area (Å²) in [6.45, 7) is 3.84. The normalized spacial score (nSPS) is 16.7. The van der Waals surface area contributed by atoms with E-state index in [4.69, 9.17) is 0 Å². The van der Waals surface area contributed by atoms with Crippen molar-refractivity contribution in [2.24, 2.45) is 0 Å². The third-order valence-corrected chi connectivity index (χ3v) is 5.24. The number of aromatic nitrogens is 2. The molecule has 0 radical (unpaired) electrons. The molecule has 1 fully saturated rings. The van der Waals surface area contributed by atoms with Crippen molar-refractivity contribution >= 4 is 33.3 Å². The van der Waals surface area contributed by atoms with Crippen molar-refractivity contribution in [2.75, 3.05) is 18.0 Å². The van der Waals surface area contributed by atoms with Gasteiger partial charge in [-0.15, -0.1) is 11.3 Å². The highest BCUT2D eigenvalue weighted by Crippen LogP contribution is 2.35. The van der Waals surface area contributed by atoms with Gasteiger partial charge in [-0.05, 0) is 25.3 Å². The van der Waals surface area contributed by atoms with Gasteiger partial charge in [0.15, 0.2) is 0 Å². The molecule has 1 N–H and O–H groups in total. The van der Waals surface area contributed by atoms with Crippen LogP contribution >= 0.6 is 11.3 Å². The highest BCUT2D eigenvalue weighted by molar-refractivity contribution is 7.20. The first-order valence-electron chi connectivity index (χ1n) is 7.41. The van der Waals surface area contributed by atoms with E-state index in [1.165, 1.54) is 43.4 Å². The van der Waals surface area contributed by atoms with Gasteiger partial charge in [0.25, 0.3) is 0 Å². The number of carboxylic acids is 1. The van der Waals surface area contributed by atoms with Gasteiger partial charge in [-0.2, -0.15) is 0 Å². The smallest absolute Gasteiger partial charge is 0.346 e. The van der Waals surface area contributed by atoms with Crippen LogP contribution in [0.3, 0.4) is 0 Å². The van der Waals surface area contributed by atoms with Gasteiger partial charge in [-0.3, -0.25) is 0 Å². The van der Waals surface area contributed by atoms with Crippen LogP contribution in [0.25, 0.3) is 10.2 Å². The molecule has 2 aromatic rings. The maximum atomic E-state index is 11.3. The van der Waals surface area contributed by atoms with Gasteiger partial charge >= 0.3 is 5.97 Å². The fourth-order valence-corrected chi connectivity index (χ4v) is 3.94. The molecule has 0 spiro atoms.